The highest BCUT2D eigenvalue weighted by Gasteiger charge is 2.17. The van der Waals surface area contributed by atoms with Crippen LogP contribution >= 0.6 is 0 Å². The maximum absolute atomic E-state index is 13.6. The van der Waals surface area contributed by atoms with E-state index < -0.39 is 54.1 Å². The molecule has 2 amide bonds. The van der Waals surface area contributed by atoms with Crippen LogP contribution in [0.15, 0.2) is 66.7 Å². The Balaban J connectivity index is 1.47. The second-order valence-corrected chi connectivity index (χ2v) is 7.27. The first-order valence-electron chi connectivity index (χ1n) is 10.3. The van der Waals surface area contributed by atoms with Crippen molar-refractivity contribution in [1.29, 1.82) is 0 Å². The number of rotatable bonds is 9. The number of carbonyl (C=O) groups excluding carboxylic acids is 3. The molecule has 0 aliphatic rings. The van der Waals surface area contributed by atoms with E-state index in [0.29, 0.717) is 18.1 Å². The summed E-state index contributed by atoms with van der Waals surface area (Å²) in [6, 6.07) is 18.2. The molecular weight excluding hydrogens is 449 g/mol. The molecule has 9 heteroatoms. The first kappa shape index (κ1) is 24.5. The SMILES string of the molecule is O=C(COC(=O)c1ccccc1CCc1ccccc1)NCC(=O)Nc1ccc(F)c(F)c1F. The van der Waals surface area contributed by atoms with Crippen LogP contribution in [0, 0.1) is 17.5 Å². The zero-order valence-electron chi connectivity index (χ0n) is 17.9. The maximum atomic E-state index is 13.6. The van der Waals surface area contributed by atoms with Crippen LogP contribution in [0.2, 0.25) is 0 Å². The zero-order chi connectivity index (χ0) is 24.5. The Bertz CT molecular complexity index is 1190. The van der Waals surface area contributed by atoms with Gasteiger partial charge in [0.1, 0.15) is 0 Å². The second-order valence-electron chi connectivity index (χ2n) is 7.27. The molecule has 3 aromatic rings. The molecule has 0 saturated carbocycles. The minimum absolute atomic E-state index is 0.331. The standard InChI is InChI=1S/C25H21F3N2O4/c26-19-12-13-20(24(28)23(19)27)30-21(31)14-29-22(32)15-34-25(33)18-9-5-4-8-17(18)11-10-16-6-2-1-3-7-16/h1-9,12-13H,10-11,14-15H2,(H,29,32)(H,30,31). The molecular formula is C25H21F3N2O4. The van der Waals surface area contributed by atoms with Gasteiger partial charge in [-0.05, 0) is 42.2 Å². The lowest BCUT2D eigenvalue weighted by Crippen LogP contribution is -2.35. The lowest BCUT2D eigenvalue weighted by molar-refractivity contribution is -0.126. The largest absolute Gasteiger partial charge is 0.452 e. The molecule has 0 heterocycles. The number of carbonyl (C=O) groups is 3. The predicted octanol–water partition coefficient (Wildman–Crippen LogP) is 3.80. The second kappa shape index (κ2) is 11.6. The van der Waals surface area contributed by atoms with E-state index in [2.05, 4.69) is 5.32 Å². The van der Waals surface area contributed by atoms with E-state index in [-0.39, 0.29) is 0 Å². The summed E-state index contributed by atoms with van der Waals surface area (Å²) in [5.74, 6) is -7.01. The summed E-state index contributed by atoms with van der Waals surface area (Å²) in [5, 5.41) is 4.21. The van der Waals surface area contributed by atoms with Gasteiger partial charge in [-0.15, -0.1) is 0 Å². The molecule has 6 nitrogen and oxygen atoms in total. The van der Waals surface area contributed by atoms with Gasteiger partial charge in [-0.1, -0.05) is 48.5 Å². The monoisotopic (exact) mass is 470 g/mol. The molecule has 0 bridgehead atoms. The van der Waals surface area contributed by atoms with Gasteiger partial charge < -0.3 is 15.4 Å². The quantitative estimate of drug-likeness (QED) is 0.368. The van der Waals surface area contributed by atoms with E-state index in [1.807, 2.05) is 35.6 Å². The van der Waals surface area contributed by atoms with Crippen molar-refractivity contribution in [2.75, 3.05) is 18.5 Å². The molecule has 0 unspecified atom stereocenters. The van der Waals surface area contributed by atoms with Crippen LogP contribution in [0.5, 0.6) is 0 Å². The molecule has 3 rings (SSSR count). The molecule has 0 radical (unpaired) electrons. The first-order chi connectivity index (χ1) is 16.3. The van der Waals surface area contributed by atoms with Gasteiger partial charge in [0.05, 0.1) is 17.8 Å². The van der Waals surface area contributed by atoms with Gasteiger partial charge in [-0.25, -0.2) is 18.0 Å². The Morgan fingerprint density at radius 2 is 1.47 bits per heavy atom. The molecule has 2 N–H and O–H groups in total. The average molecular weight is 470 g/mol. The van der Waals surface area contributed by atoms with Gasteiger partial charge in [0.25, 0.3) is 5.91 Å². The number of ether oxygens (including phenoxy) is 1. The third-order valence-electron chi connectivity index (χ3n) is 4.85. The summed E-state index contributed by atoms with van der Waals surface area (Å²) in [4.78, 5) is 36.3. The van der Waals surface area contributed by atoms with Gasteiger partial charge in [0, 0.05) is 0 Å². The van der Waals surface area contributed by atoms with Crippen molar-refractivity contribution in [3.05, 3.63) is 101 Å². The molecule has 0 aromatic heterocycles. The Morgan fingerprint density at radius 3 is 2.24 bits per heavy atom. The van der Waals surface area contributed by atoms with E-state index in [9.17, 15) is 27.6 Å². The van der Waals surface area contributed by atoms with Crippen LogP contribution in [0.4, 0.5) is 18.9 Å². The van der Waals surface area contributed by atoms with E-state index in [1.54, 1.807) is 24.3 Å². The smallest absolute Gasteiger partial charge is 0.338 e. The summed E-state index contributed by atoms with van der Waals surface area (Å²) >= 11 is 0. The van der Waals surface area contributed by atoms with Crippen LogP contribution in [0.3, 0.4) is 0 Å². The number of anilines is 1. The molecule has 0 atom stereocenters. The first-order valence-corrected chi connectivity index (χ1v) is 10.3. The van der Waals surface area contributed by atoms with Gasteiger partial charge in [0.2, 0.25) is 5.91 Å². The van der Waals surface area contributed by atoms with Crippen LogP contribution in [-0.2, 0) is 27.2 Å². The van der Waals surface area contributed by atoms with E-state index in [0.717, 1.165) is 23.6 Å². The van der Waals surface area contributed by atoms with E-state index in [1.165, 1.54) is 0 Å². The third-order valence-corrected chi connectivity index (χ3v) is 4.85. The van der Waals surface area contributed by atoms with Crippen molar-refractivity contribution < 1.29 is 32.3 Å². The van der Waals surface area contributed by atoms with Crippen molar-refractivity contribution in [3.8, 4) is 0 Å². The molecule has 176 valence electrons. The van der Waals surface area contributed by atoms with Crippen LogP contribution < -0.4 is 10.6 Å². The maximum Gasteiger partial charge on any atom is 0.338 e. The lowest BCUT2D eigenvalue weighted by atomic mass is 10.00. The fourth-order valence-corrected chi connectivity index (χ4v) is 3.12. The Kier molecular flexibility index (Phi) is 8.39. The van der Waals surface area contributed by atoms with Gasteiger partial charge in [-0.2, -0.15) is 0 Å². The van der Waals surface area contributed by atoms with Gasteiger partial charge in [-0.3, -0.25) is 9.59 Å². The number of hydrogen-bond acceptors (Lipinski definition) is 4. The van der Waals surface area contributed by atoms with Crippen LogP contribution in [0.25, 0.3) is 0 Å². The Labute approximate surface area is 193 Å². The van der Waals surface area contributed by atoms with Crippen molar-refractivity contribution in [2.45, 2.75) is 12.8 Å². The number of aryl methyl sites for hydroxylation is 2. The summed E-state index contributed by atoms with van der Waals surface area (Å²) < 4.78 is 44.8. The number of benzene rings is 3. The van der Waals surface area contributed by atoms with Crippen LogP contribution in [-0.4, -0.2) is 30.9 Å². The topological polar surface area (TPSA) is 84.5 Å². The summed E-state index contributed by atoms with van der Waals surface area (Å²) in [7, 11) is 0. The van der Waals surface area contributed by atoms with Gasteiger partial charge >= 0.3 is 5.97 Å². The predicted molar refractivity (Wildman–Crippen MR) is 119 cm³/mol. The minimum Gasteiger partial charge on any atom is -0.452 e. The fraction of sp³-hybridized carbons (Fsp3) is 0.160. The molecule has 0 aliphatic carbocycles. The molecule has 34 heavy (non-hydrogen) atoms. The van der Waals surface area contributed by atoms with Crippen molar-refractivity contribution in [2.24, 2.45) is 0 Å². The molecule has 0 fully saturated rings. The fourth-order valence-electron chi connectivity index (χ4n) is 3.12. The van der Waals surface area contributed by atoms with E-state index >= 15 is 0 Å². The number of nitrogens with one attached hydrogen (secondary N) is 2. The highest BCUT2D eigenvalue weighted by atomic mass is 19.2. The van der Waals surface area contributed by atoms with Crippen molar-refractivity contribution in [3.63, 3.8) is 0 Å². The molecule has 0 spiro atoms. The average Bonchev–Trinajstić information content (AvgIpc) is 2.86. The van der Waals surface area contributed by atoms with E-state index in [4.69, 9.17) is 4.74 Å². The van der Waals surface area contributed by atoms with Crippen molar-refractivity contribution >= 4 is 23.5 Å². The molecule has 3 aromatic carbocycles. The Hall–Kier alpha value is -4.14. The highest BCUT2D eigenvalue weighted by molar-refractivity contribution is 5.96. The number of halogens is 3. The third kappa shape index (κ3) is 6.68. The zero-order valence-corrected chi connectivity index (χ0v) is 17.9. The van der Waals surface area contributed by atoms with Crippen LogP contribution in [0.1, 0.15) is 21.5 Å². The minimum atomic E-state index is -1.72. The summed E-state index contributed by atoms with van der Waals surface area (Å²) in [5.41, 5.74) is 1.64. The van der Waals surface area contributed by atoms with Crippen molar-refractivity contribution in [1.82, 2.24) is 5.32 Å². The highest BCUT2D eigenvalue weighted by Crippen LogP contribution is 2.19. The summed E-state index contributed by atoms with van der Waals surface area (Å²) in [6.45, 7) is -1.23. The lowest BCUT2D eigenvalue weighted by Gasteiger charge is -2.11. The number of hydrogen-bond donors (Lipinski definition) is 2. The molecule has 0 aliphatic heterocycles. The normalized spacial score (nSPS) is 10.4. The number of amides is 2. The molecule has 0 saturated heterocycles. The number of esters is 1. The summed E-state index contributed by atoms with van der Waals surface area (Å²) in [6.07, 6.45) is 1.32. The van der Waals surface area contributed by atoms with Gasteiger partial charge in [0.15, 0.2) is 24.1 Å². The Morgan fingerprint density at radius 1 is 0.765 bits per heavy atom.